The molecule has 0 fully saturated rings. The van der Waals surface area contributed by atoms with Crippen molar-refractivity contribution in [1.29, 1.82) is 0 Å². The van der Waals surface area contributed by atoms with Crippen LogP contribution in [0.4, 0.5) is 0 Å². The number of aromatic nitrogens is 2. The van der Waals surface area contributed by atoms with Gasteiger partial charge in [-0.15, -0.1) is 0 Å². The first-order valence-electron chi connectivity index (χ1n) is 9.49. The Labute approximate surface area is 161 Å². The van der Waals surface area contributed by atoms with Crippen LogP contribution in [-0.2, 0) is 11.2 Å². The summed E-state index contributed by atoms with van der Waals surface area (Å²) in [4.78, 5) is 16.1. The van der Waals surface area contributed by atoms with Crippen LogP contribution in [0.2, 0.25) is 0 Å². The van der Waals surface area contributed by atoms with E-state index in [-0.39, 0.29) is 11.8 Å². The van der Waals surface area contributed by atoms with E-state index in [1.165, 1.54) is 5.56 Å². The standard InChI is InChI=1S/C20H30N6O/c1-4-21-20(24-14-13-22-19(27)16(2)3)23-12-10-17-6-8-18(9-7-17)26-15-5-11-25-26/h5-9,11,15-16H,4,10,12-14H2,1-3H3,(H,22,27)(H2,21,23,24). The van der Waals surface area contributed by atoms with Gasteiger partial charge in [0.05, 0.1) is 5.69 Å². The van der Waals surface area contributed by atoms with Gasteiger partial charge in [-0.1, -0.05) is 26.0 Å². The second-order valence-corrected chi connectivity index (χ2v) is 6.50. The van der Waals surface area contributed by atoms with Crippen LogP contribution in [0.25, 0.3) is 5.69 Å². The number of hydrogen-bond donors (Lipinski definition) is 3. The third kappa shape index (κ3) is 7.13. The van der Waals surface area contributed by atoms with Gasteiger partial charge in [0.2, 0.25) is 5.91 Å². The van der Waals surface area contributed by atoms with E-state index < -0.39 is 0 Å². The summed E-state index contributed by atoms with van der Waals surface area (Å²) in [7, 11) is 0. The Balaban J connectivity index is 1.77. The molecule has 1 aromatic heterocycles. The molecule has 0 aliphatic rings. The number of amides is 1. The molecule has 1 heterocycles. The molecule has 0 bridgehead atoms. The van der Waals surface area contributed by atoms with Gasteiger partial charge in [-0.3, -0.25) is 9.79 Å². The average molecular weight is 371 g/mol. The normalized spacial score (nSPS) is 11.5. The van der Waals surface area contributed by atoms with Gasteiger partial charge in [0.1, 0.15) is 0 Å². The number of carbonyl (C=O) groups excluding carboxylic acids is 1. The summed E-state index contributed by atoms with van der Waals surface area (Å²) in [5.41, 5.74) is 2.28. The fourth-order valence-corrected chi connectivity index (χ4v) is 2.45. The molecule has 0 aliphatic heterocycles. The van der Waals surface area contributed by atoms with Crippen molar-refractivity contribution in [2.24, 2.45) is 10.9 Å². The van der Waals surface area contributed by atoms with Crippen molar-refractivity contribution in [1.82, 2.24) is 25.7 Å². The monoisotopic (exact) mass is 370 g/mol. The van der Waals surface area contributed by atoms with Gasteiger partial charge >= 0.3 is 0 Å². The topological polar surface area (TPSA) is 83.3 Å². The van der Waals surface area contributed by atoms with E-state index in [9.17, 15) is 4.79 Å². The van der Waals surface area contributed by atoms with Crippen molar-refractivity contribution in [2.45, 2.75) is 27.2 Å². The minimum atomic E-state index is 0.00610. The predicted molar refractivity (Wildman–Crippen MR) is 109 cm³/mol. The number of benzene rings is 1. The van der Waals surface area contributed by atoms with Gasteiger partial charge in [0.25, 0.3) is 0 Å². The Morgan fingerprint density at radius 3 is 2.52 bits per heavy atom. The quantitative estimate of drug-likeness (QED) is 0.357. The van der Waals surface area contributed by atoms with Crippen molar-refractivity contribution in [3.8, 4) is 5.69 Å². The number of nitrogens with one attached hydrogen (secondary N) is 3. The van der Waals surface area contributed by atoms with E-state index in [2.05, 4.69) is 50.3 Å². The zero-order valence-electron chi connectivity index (χ0n) is 16.4. The highest BCUT2D eigenvalue weighted by Gasteiger charge is 2.05. The maximum atomic E-state index is 11.6. The Hall–Kier alpha value is -2.83. The van der Waals surface area contributed by atoms with Crippen molar-refractivity contribution >= 4 is 11.9 Å². The smallest absolute Gasteiger partial charge is 0.222 e. The largest absolute Gasteiger partial charge is 0.357 e. The van der Waals surface area contributed by atoms with Crippen LogP contribution in [-0.4, -0.2) is 47.8 Å². The van der Waals surface area contributed by atoms with E-state index in [1.54, 1.807) is 6.20 Å². The third-order valence-corrected chi connectivity index (χ3v) is 3.96. The number of carbonyl (C=O) groups is 1. The van der Waals surface area contributed by atoms with Gasteiger partial charge in [-0.05, 0) is 37.1 Å². The van der Waals surface area contributed by atoms with Crippen molar-refractivity contribution in [2.75, 3.05) is 26.2 Å². The van der Waals surface area contributed by atoms with Crippen LogP contribution in [0.5, 0.6) is 0 Å². The molecule has 27 heavy (non-hydrogen) atoms. The second-order valence-electron chi connectivity index (χ2n) is 6.50. The molecule has 0 aliphatic carbocycles. The van der Waals surface area contributed by atoms with E-state index in [0.29, 0.717) is 19.6 Å². The van der Waals surface area contributed by atoms with Gasteiger partial charge < -0.3 is 16.0 Å². The summed E-state index contributed by atoms with van der Waals surface area (Å²) in [5, 5.41) is 13.6. The first-order valence-corrected chi connectivity index (χ1v) is 9.49. The Morgan fingerprint density at radius 2 is 1.89 bits per heavy atom. The van der Waals surface area contributed by atoms with Gasteiger partial charge in [0.15, 0.2) is 5.96 Å². The molecule has 2 aromatic rings. The molecule has 2 rings (SSSR count). The number of rotatable bonds is 9. The molecule has 0 saturated heterocycles. The molecule has 7 nitrogen and oxygen atoms in total. The number of aliphatic imine (C=N–C) groups is 1. The summed E-state index contributed by atoms with van der Waals surface area (Å²) in [6.45, 7) is 8.51. The van der Waals surface area contributed by atoms with Crippen LogP contribution in [0, 0.1) is 5.92 Å². The Morgan fingerprint density at radius 1 is 1.15 bits per heavy atom. The molecular weight excluding hydrogens is 340 g/mol. The highest BCUT2D eigenvalue weighted by molar-refractivity contribution is 5.80. The lowest BCUT2D eigenvalue weighted by Gasteiger charge is -2.12. The summed E-state index contributed by atoms with van der Waals surface area (Å²) < 4.78 is 1.84. The molecule has 0 spiro atoms. The maximum Gasteiger partial charge on any atom is 0.222 e. The summed E-state index contributed by atoms with van der Waals surface area (Å²) in [6.07, 6.45) is 4.56. The fraction of sp³-hybridized carbons (Fsp3) is 0.450. The summed E-state index contributed by atoms with van der Waals surface area (Å²) in [6, 6.07) is 10.2. The van der Waals surface area contributed by atoms with Crippen LogP contribution in [0.15, 0.2) is 47.7 Å². The lowest BCUT2D eigenvalue weighted by atomic mass is 10.1. The first kappa shape index (κ1) is 20.5. The molecule has 146 valence electrons. The molecule has 0 radical (unpaired) electrons. The lowest BCUT2D eigenvalue weighted by molar-refractivity contribution is -0.123. The second kappa shape index (κ2) is 11.0. The number of guanidine groups is 1. The van der Waals surface area contributed by atoms with Crippen molar-refractivity contribution < 1.29 is 4.79 Å². The lowest BCUT2D eigenvalue weighted by Crippen LogP contribution is -2.42. The molecule has 3 N–H and O–H groups in total. The van der Waals surface area contributed by atoms with Gasteiger partial charge in [0, 0.05) is 44.5 Å². The van der Waals surface area contributed by atoms with E-state index in [0.717, 1.165) is 24.6 Å². The molecule has 1 amide bonds. The van der Waals surface area contributed by atoms with Gasteiger partial charge in [-0.25, -0.2) is 4.68 Å². The highest BCUT2D eigenvalue weighted by Crippen LogP contribution is 2.09. The van der Waals surface area contributed by atoms with E-state index >= 15 is 0 Å². The molecule has 0 atom stereocenters. The minimum Gasteiger partial charge on any atom is -0.357 e. The third-order valence-electron chi connectivity index (χ3n) is 3.96. The van der Waals surface area contributed by atoms with E-state index in [4.69, 9.17) is 0 Å². The van der Waals surface area contributed by atoms with Crippen molar-refractivity contribution in [3.63, 3.8) is 0 Å². The summed E-state index contributed by atoms with van der Waals surface area (Å²) >= 11 is 0. The Kier molecular flexibility index (Phi) is 8.35. The van der Waals surface area contributed by atoms with E-state index in [1.807, 2.05) is 37.7 Å². The van der Waals surface area contributed by atoms with Crippen LogP contribution < -0.4 is 16.0 Å². The number of hydrogen-bond acceptors (Lipinski definition) is 3. The summed E-state index contributed by atoms with van der Waals surface area (Å²) in [5.74, 6) is 0.841. The molecule has 7 heteroatoms. The Bertz CT molecular complexity index is 707. The molecular formula is C20H30N6O. The SMILES string of the molecule is CCNC(=NCCc1ccc(-n2cccn2)cc1)NCCNC(=O)C(C)C. The zero-order valence-corrected chi connectivity index (χ0v) is 16.4. The fourth-order valence-electron chi connectivity index (χ4n) is 2.45. The molecule has 1 aromatic carbocycles. The molecule has 0 saturated carbocycles. The zero-order chi connectivity index (χ0) is 19.5. The predicted octanol–water partition coefficient (Wildman–Crippen LogP) is 1.74. The van der Waals surface area contributed by atoms with Crippen LogP contribution >= 0.6 is 0 Å². The van der Waals surface area contributed by atoms with Crippen LogP contribution in [0.3, 0.4) is 0 Å². The van der Waals surface area contributed by atoms with Crippen LogP contribution in [0.1, 0.15) is 26.3 Å². The average Bonchev–Trinajstić information content (AvgIpc) is 3.20. The highest BCUT2D eigenvalue weighted by atomic mass is 16.1. The van der Waals surface area contributed by atoms with Crippen molar-refractivity contribution in [3.05, 3.63) is 48.3 Å². The first-order chi connectivity index (χ1) is 13.1. The number of nitrogens with zero attached hydrogens (tertiary/aromatic N) is 3. The van der Waals surface area contributed by atoms with Gasteiger partial charge in [-0.2, -0.15) is 5.10 Å². The maximum absolute atomic E-state index is 11.6. The molecule has 0 unspecified atom stereocenters. The minimum absolute atomic E-state index is 0.00610.